The fourth-order valence-electron chi connectivity index (χ4n) is 2.07. The van der Waals surface area contributed by atoms with E-state index in [0.29, 0.717) is 5.69 Å². The molecule has 0 aliphatic rings. The first-order valence-electron chi connectivity index (χ1n) is 7.13. The molecule has 0 spiro atoms. The molecule has 2 rings (SSSR count). The molecule has 2 aromatic rings. The van der Waals surface area contributed by atoms with Gasteiger partial charge >= 0.3 is 11.9 Å². The Kier molecular flexibility index (Phi) is 5.38. The summed E-state index contributed by atoms with van der Waals surface area (Å²) in [6.07, 6.45) is 0. The molecular formula is C16H16N2O7. The minimum atomic E-state index is -0.747. The number of carbonyl (C=O) groups excluding carboxylic acids is 2. The maximum absolute atomic E-state index is 12.3. The van der Waals surface area contributed by atoms with Crippen molar-refractivity contribution in [2.45, 2.75) is 6.61 Å². The SMILES string of the molecule is COC(=O)c1ccc(COC(=O)c2cc([N+](=O)[O-])ccc2N(C)C)o1. The van der Waals surface area contributed by atoms with Gasteiger partial charge in [0.2, 0.25) is 5.76 Å². The summed E-state index contributed by atoms with van der Waals surface area (Å²) < 4.78 is 14.8. The third-order valence-electron chi connectivity index (χ3n) is 3.29. The van der Waals surface area contributed by atoms with Gasteiger partial charge in [-0.15, -0.1) is 0 Å². The van der Waals surface area contributed by atoms with Crippen LogP contribution in [0.1, 0.15) is 26.7 Å². The summed E-state index contributed by atoms with van der Waals surface area (Å²) in [5.41, 5.74) is 0.313. The fourth-order valence-corrected chi connectivity index (χ4v) is 2.07. The van der Waals surface area contributed by atoms with Crippen LogP contribution in [0.5, 0.6) is 0 Å². The van der Waals surface area contributed by atoms with Crippen molar-refractivity contribution >= 4 is 23.3 Å². The van der Waals surface area contributed by atoms with Gasteiger partial charge in [-0.25, -0.2) is 9.59 Å². The van der Waals surface area contributed by atoms with E-state index < -0.39 is 16.9 Å². The Morgan fingerprint density at radius 1 is 1.20 bits per heavy atom. The molecule has 0 saturated carbocycles. The molecule has 0 atom stereocenters. The van der Waals surface area contributed by atoms with E-state index in [1.54, 1.807) is 19.0 Å². The largest absolute Gasteiger partial charge is 0.463 e. The Morgan fingerprint density at radius 2 is 1.92 bits per heavy atom. The van der Waals surface area contributed by atoms with Crippen LogP contribution in [0.2, 0.25) is 0 Å². The molecule has 1 aromatic heterocycles. The number of methoxy groups -OCH3 is 1. The Morgan fingerprint density at radius 3 is 2.52 bits per heavy atom. The first-order chi connectivity index (χ1) is 11.8. The van der Waals surface area contributed by atoms with Gasteiger partial charge in [-0.1, -0.05) is 0 Å². The van der Waals surface area contributed by atoms with E-state index >= 15 is 0 Å². The molecule has 1 aromatic carbocycles. The summed E-state index contributed by atoms with van der Waals surface area (Å²) in [5, 5.41) is 10.9. The number of hydrogen-bond donors (Lipinski definition) is 0. The number of nitro groups is 1. The van der Waals surface area contributed by atoms with Gasteiger partial charge in [0.25, 0.3) is 5.69 Å². The number of rotatable bonds is 6. The topological polar surface area (TPSA) is 112 Å². The van der Waals surface area contributed by atoms with E-state index in [2.05, 4.69) is 4.74 Å². The highest BCUT2D eigenvalue weighted by atomic mass is 16.6. The van der Waals surface area contributed by atoms with Crippen molar-refractivity contribution in [1.29, 1.82) is 0 Å². The lowest BCUT2D eigenvalue weighted by atomic mass is 10.1. The maximum atomic E-state index is 12.3. The highest BCUT2D eigenvalue weighted by molar-refractivity contribution is 5.96. The van der Waals surface area contributed by atoms with Gasteiger partial charge in [-0.2, -0.15) is 0 Å². The monoisotopic (exact) mass is 348 g/mol. The number of nitro benzene ring substituents is 1. The second-order valence-electron chi connectivity index (χ2n) is 5.19. The van der Waals surface area contributed by atoms with Crippen LogP contribution in [0.25, 0.3) is 0 Å². The van der Waals surface area contributed by atoms with Crippen LogP contribution >= 0.6 is 0 Å². The Hall–Kier alpha value is -3.36. The number of anilines is 1. The highest BCUT2D eigenvalue weighted by Crippen LogP contribution is 2.25. The molecule has 0 N–H and O–H groups in total. The lowest BCUT2D eigenvalue weighted by Crippen LogP contribution is -2.15. The number of esters is 2. The van der Waals surface area contributed by atoms with Crippen molar-refractivity contribution in [2.24, 2.45) is 0 Å². The van der Waals surface area contributed by atoms with Crippen molar-refractivity contribution in [3.8, 4) is 0 Å². The Bertz CT molecular complexity index is 811. The van der Waals surface area contributed by atoms with E-state index in [1.807, 2.05) is 0 Å². The zero-order valence-corrected chi connectivity index (χ0v) is 13.8. The minimum Gasteiger partial charge on any atom is -0.463 e. The molecule has 0 bridgehead atoms. The van der Waals surface area contributed by atoms with Crippen LogP contribution in [0, 0.1) is 10.1 Å². The van der Waals surface area contributed by atoms with Crippen molar-refractivity contribution < 1.29 is 28.4 Å². The third kappa shape index (κ3) is 4.14. The first-order valence-corrected chi connectivity index (χ1v) is 7.13. The van der Waals surface area contributed by atoms with Crippen LogP contribution in [-0.2, 0) is 16.1 Å². The van der Waals surface area contributed by atoms with E-state index in [0.717, 1.165) is 6.07 Å². The van der Waals surface area contributed by atoms with E-state index in [4.69, 9.17) is 9.15 Å². The van der Waals surface area contributed by atoms with Crippen molar-refractivity contribution in [3.05, 3.63) is 57.5 Å². The average Bonchev–Trinajstić information content (AvgIpc) is 3.07. The van der Waals surface area contributed by atoms with Crippen LogP contribution in [-0.4, -0.2) is 38.1 Å². The van der Waals surface area contributed by atoms with E-state index in [1.165, 1.54) is 31.4 Å². The lowest BCUT2D eigenvalue weighted by Gasteiger charge is -2.16. The number of hydrogen-bond acceptors (Lipinski definition) is 8. The molecule has 0 radical (unpaired) electrons. The van der Waals surface area contributed by atoms with Crippen LogP contribution in [0.3, 0.4) is 0 Å². The van der Waals surface area contributed by atoms with Gasteiger partial charge < -0.3 is 18.8 Å². The summed E-state index contributed by atoms with van der Waals surface area (Å²) in [5.74, 6) is -1.17. The maximum Gasteiger partial charge on any atom is 0.373 e. The predicted octanol–water partition coefficient (Wildman–Crippen LogP) is 2.40. The lowest BCUT2D eigenvalue weighted by molar-refractivity contribution is -0.384. The molecule has 0 saturated heterocycles. The molecule has 0 aliphatic heterocycles. The van der Waals surface area contributed by atoms with Gasteiger partial charge in [-0.05, 0) is 18.2 Å². The molecule has 132 valence electrons. The molecule has 25 heavy (non-hydrogen) atoms. The second-order valence-corrected chi connectivity index (χ2v) is 5.19. The summed E-state index contributed by atoms with van der Waals surface area (Å²) >= 11 is 0. The minimum absolute atomic E-state index is 0.0159. The number of non-ortho nitro benzene ring substituents is 1. The molecule has 9 heteroatoms. The Labute approximate surface area is 142 Å². The predicted molar refractivity (Wildman–Crippen MR) is 86.6 cm³/mol. The van der Waals surface area contributed by atoms with Gasteiger partial charge in [0.15, 0.2) is 0 Å². The molecule has 1 heterocycles. The molecule has 9 nitrogen and oxygen atoms in total. The Balaban J connectivity index is 2.17. The molecule has 0 fully saturated rings. The smallest absolute Gasteiger partial charge is 0.373 e. The molecule has 0 aliphatic carbocycles. The standard InChI is InChI=1S/C16H16N2O7/c1-17(2)13-6-4-10(18(21)22)8-12(13)15(19)24-9-11-5-7-14(25-11)16(20)23-3/h4-8H,9H2,1-3H3. The van der Waals surface area contributed by atoms with E-state index in [-0.39, 0.29) is 29.4 Å². The molecular weight excluding hydrogens is 332 g/mol. The van der Waals surface area contributed by atoms with Gasteiger partial charge in [0, 0.05) is 26.2 Å². The van der Waals surface area contributed by atoms with Gasteiger partial charge in [0.1, 0.15) is 12.4 Å². The number of furan rings is 1. The number of benzene rings is 1. The molecule has 0 unspecified atom stereocenters. The zero-order chi connectivity index (χ0) is 18.6. The normalized spacial score (nSPS) is 10.2. The van der Waals surface area contributed by atoms with Crippen molar-refractivity contribution in [3.63, 3.8) is 0 Å². The second kappa shape index (κ2) is 7.47. The van der Waals surface area contributed by atoms with Gasteiger partial charge in [0.05, 0.1) is 23.3 Å². The van der Waals surface area contributed by atoms with Crippen molar-refractivity contribution in [1.82, 2.24) is 0 Å². The van der Waals surface area contributed by atoms with E-state index in [9.17, 15) is 19.7 Å². The number of carbonyl (C=O) groups is 2. The molecule has 0 amide bonds. The average molecular weight is 348 g/mol. The highest BCUT2D eigenvalue weighted by Gasteiger charge is 2.20. The van der Waals surface area contributed by atoms with Crippen LogP contribution in [0.4, 0.5) is 11.4 Å². The summed E-state index contributed by atoms with van der Waals surface area (Å²) in [6.45, 7) is -0.231. The zero-order valence-electron chi connectivity index (χ0n) is 13.8. The summed E-state index contributed by atoms with van der Waals surface area (Å²) in [7, 11) is 4.62. The number of ether oxygens (including phenoxy) is 2. The number of nitrogens with zero attached hydrogens (tertiary/aromatic N) is 2. The quantitative estimate of drug-likeness (QED) is 0.444. The van der Waals surface area contributed by atoms with Crippen molar-refractivity contribution in [2.75, 3.05) is 26.1 Å². The van der Waals surface area contributed by atoms with Crippen LogP contribution < -0.4 is 4.90 Å². The summed E-state index contributed by atoms with van der Waals surface area (Å²) in [4.78, 5) is 35.6. The third-order valence-corrected chi connectivity index (χ3v) is 3.29. The summed E-state index contributed by atoms with van der Waals surface area (Å²) in [6, 6.07) is 6.80. The first kappa shape index (κ1) is 18.0. The fraction of sp³-hybridized carbons (Fsp3) is 0.250. The van der Waals surface area contributed by atoms with Gasteiger partial charge in [-0.3, -0.25) is 10.1 Å². The van der Waals surface area contributed by atoms with Crippen LogP contribution in [0.15, 0.2) is 34.7 Å².